The summed E-state index contributed by atoms with van der Waals surface area (Å²) in [6.07, 6.45) is 3.18. The molecule has 1 atom stereocenters. The molecular formula is C19H15ClFN5OS. The first-order chi connectivity index (χ1) is 13.5. The third-order valence-corrected chi connectivity index (χ3v) is 5.68. The van der Waals surface area contributed by atoms with Crippen LogP contribution in [0.3, 0.4) is 0 Å². The van der Waals surface area contributed by atoms with Crippen LogP contribution in [0.25, 0.3) is 10.4 Å². The minimum Gasteiger partial charge on any atom is -0.369 e. The van der Waals surface area contributed by atoms with E-state index in [2.05, 4.69) is 15.0 Å². The van der Waals surface area contributed by atoms with Crippen LogP contribution in [0, 0.1) is 0 Å². The van der Waals surface area contributed by atoms with Gasteiger partial charge in [-0.15, -0.1) is 11.3 Å². The number of likely N-dealkylation sites (N-methyl/N-ethyl adjacent to an activating group) is 1. The first kappa shape index (κ1) is 18.5. The lowest BCUT2D eigenvalue weighted by molar-refractivity contribution is -0.129. The molecule has 2 aromatic heterocycles. The molecule has 1 amide bonds. The van der Waals surface area contributed by atoms with Crippen LogP contribution in [0.15, 0.2) is 53.2 Å². The van der Waals surface area contributed by atoms with E-state index in [1.807, 2.05) is 6.07 Å². The standard InChI is InChI=1S/C19H15ClFN5OS/c1-26-17(27)19(25-18(26)22,12-2-3-24-15(7-12)8-21)13-4-11(5-14(20)6-13)16-9-23-10-28-16/h2-7,9-10H,8H2,1H3,(H2,22,25). The molecule has 1 aliphatic heterocycles. The number of aromatic nitrogens is 2. The number of amides is 1. The second kappa shape index (κ2) is 6.96. The van der Waals surface area contributed by atoms with Gasteiger partial charge in [-0.1, -0.05) is 11.6 Å². The minimum atomic E-state index is -1.46. The maximum absolute atomic E-state index is 13.3. The van der Waals surface area contributed by atoms with Gasteiger partial charge in [0.25, 0.3) is 5.91 Å². The third kappa shape index (κ3) is 2.85. The maximum Gasteiger partial charge on any atom is 0.266 e. The number of hydrogen-bond acceptors (Lipinski definition) is 6. The Morgan fingerprint density at radius 3 is 2.75 bits per heavy atom. The van der Waals surface area contributed by atoms with Crippen molar-refractivity contribution >= 4 is 34.8 Å². The van der Waals surface area contributed by atoms with Gasteiger partial charge in [-0.25, -0.2) is 9.38 Å². The summed E-state index contributed by atoms with van der Waals surface area (Å²) < 4.78 is 13.2. The van der Waals surface area contributed by atoms with Crippen molar-refractivity contribution in [3.63, 3.8) is 0 Å². The number of aliphatic imine (C=N–C) groups is 1. The molecule has 9 heteroatoms. The Hall–Kier alpha value is -2.84. The molecule has 0 bridgehead atoms. The predicted octanol–water partition coefficient (Wildman–Crippen LogP) is 3.36. The van der Waals surface area contributed by atoms with Gasteiger partial charge in [-0.3, -0.25) is 19.7 Å². The van der Waals surface area contributed by atoms with Gasteiger partial charge in [0, 0.05) is 24.5 Å². The molecule has 6 nitrogen and oxygen atoms in total. The summed E-state index contributed by atoms with van der Waals surface area (Å²) in [6.45, 7) is -0.755. The molecule has 28 heavy (non-hydrogen) atoms. The van der Waals surface area contributed by atoms with Crippen molar-refractivity contribution in [1.29, 1.82) is 0 Å². The molecule has 142 valence electrons. The summed E-state index contributed by atoms with van der Waals surface area (Å²) >= 11 is 7.83. The highest BCUT2D eigenvalue weighted by Gasteiger charge is 2.50. The van der Waals surface area contributed by atoms with E-state index in [0.29, 0.717) is 16.1 Å². The number of guanidine groups is 1. The zero-order valence-electron chi connectivity index (χ0n) is 14.8. The fourth-order valence-electron chi connectivity index (χ4n) is 3.26. The quantitative estimate of drug-likeness (QED) is 0.708. The summed E-state index contributed by atoms with van der Waals surface area (Å²) in [6, 6.07) is 8.47. The van der Waals surface area contributed by atoms with E-state index < -0.39 is 12.2 Å². The number of hydrogen-bond donors (Lipinski definition) is 1. The Morgan fingerprint density at radius 1 is 1.29 bits per heavy atom. The SMILES string of the molecule is CN1C(=O)C(c2cc(Cl)cc(-c3cncs3)c2)(c2ccnc(CF)c2)N=C1N. The fraction of sp³-hybridized carbons (Fsp3) is 0.158. The van der Waals surface area contributed by atoms with Gasteiger partial charge in [-0.05, 0) is 47.0 Å². The predicted molar refractivity (Wildman–Crippen MR) is 107 cm³/mol. The molecule has 0 saturated heterocycles. The van der Waals surface area contributed by atoms with Crippen molar-refractivity contribution in [3.8, 4) is 10.4 Å². The number of nitrogens with zero attached hydrogens (tertiary/aromatic N) is 4. The Balaban J connectivity index is 1.99. The molecule has 0 aliphatic carbocycles. The van der Waals surface area contributed by atoms with E-state index in [1.165, 1.54) is 28.5 Å². The van der Waals surface area contributed by atoms with Crippen molar-refractivity contribution in [3.05, 3.63) is 70.1 Å². The van der Waals surface area contributed by atoms with E-state index in [0.717, 1.165) is 10.4 Å². The number of nitrogens with two attached hydrogens (primary N) is 1. The summed E-state index contributed by atoms with van der Waals surface area (Å²) in [5.41, 5.74) is 8.26. The average molecular weight is 416 g/mol. The van der Waals surface area contributed by atoms with Crippen LogP contribution in [0.5, 0.6) is 0 Å². The van der Waals surface area contributed by atoms with E-state index in [1.54, 1.807) is 37.0 Å². The van der Waals surface area contributed by atoms with E-state index in [9.17, 15) is 9.18 Å². The number of alkyl halides is 1. The summed E-state index contributed by atoms with van der Waals surface area (Å²) in [4.78, 5) is 28.1. The molecule has 2 N–H and O–H groups in total. The number of rotatable bonds is 4. The minimum absolute atomic E-state index is 0.0722. The van der Waals surface area contributed by atoms with Gasteiger partial charge in [0.15, 0.2) is 11.5 Å². The second-order valence-electron chi connectivity index (χ2n) is 6.31. The maximum atomic E-state index is 13.3. The smallest absolute Gasteiger partial charge is 0.266 e. The van der Waals surface area contributed by atoms with Crippen molar-refractivity contribution in [2.75, 3.05) is 7.05 Å². The average Bonchev–Trinajstić information content (AvgIpc) is 3.32. The van der Waals surface area contributed by atoms with Crippen LogP contribution in [0.1, 0.15) is 16.8 Å². The number of benzene rings is 1. The van der Waals surface area contributed by atoms with Gasteiger partial charge in [0.1, 0.15) is 6.67 Å². The Morgan fingerprint density at radius 2 is 2.11 bits per heavy atom. The lowest BCUT2D eigenvalue weighted by Gasteiger charge is -2.27. The summed E-state index contributed by atoms with van der Waals surface area (Å²) in [7, 11) is 1.55. The van der Waals surface area contributed by atoms with Gasteiger partial charge in [0.2, 0.25) is 0 Å². The molecule has 1 unspecified atom stereocenters. The number of thiazole rings is 1. The lowest BCUT2D eigenvalue weighted by atomic mass is 9.82. The van der Waals surface area contributed by atoms with Crippen LogP contribution < -0.4 is 5.73 Å². The Kier molecular flexibility index (Phi) is 4.60. The molecule has 0 spiro atoms. The van der Waals surface area contributed by atoms with Gasteiger partial charge in [0.05, 0.1) is 16.1 Å². The number of carbonyl (C=O) groups is 1. The molecular weight excluding hydrogens is 401 g/mol. The molecule has 0 radical (unpaired) electrons. The van der Waals surface area contributed by atoms with Gasteiger partial charge >= 0.3 is 0 Å². The fourth-order valence-corrected chi connectivity index (χ4v) is 4.11. The van der Waals surface area contributed by atoms with Crippen LogP contribution in [-0.2, 0) is 17.0 Å². The van der Waals surface area contributed by atoms with Crippen LogP contribution >= 0.6 is 22.9 Å². The zero-order valence-corrected chi connectivity index (χ0v) is 16.3. The molecule has 1 aliphatic rings. The first-order valence-corrected chi connectivity index (χ1v) is 9.56. The van der Waals surface area contributed by atoms with Crippen molar-refractivity contribution in [2.45, 2.75) is 12.2 Å². The second-order valence-corrected chi connectivity index (χ2v) is 7.63. The van der Waals surface area contributed by atoms with Crippen LogP contribution in [0.2, 0.25) is 5.02 Å². The number of halogens is 2. The molecule has 3 aromatic rings. The Bertz CT molecular complexity index is 1090. The largest absolute Gasteiger partial charge is 0.369 e. The molecule has 0 saturated carbocycles. The summed E-state index contributed by atoms with van der Waals surface area (Å²) in [5.74, 6) is -0.276. The van der Waals surface area contributed by atoms with E-state index >= 15 is 0 Å². The molecule has 4 rings (SSSR count). The van der Waals surface area contributed by atoms with E-state index in [4.69, 9.17) is 17.3 Å². The third-order valence-electron chi connectivity index (χ3n) is 4.64. The summed E-state index contributed by atoms with van der Waals surface area (Å²) in [5, 5.41) is 0.441. The number of carbonyl (C=O) groups excluding carboxylic acids is 1. The normalized spacial score (nSPS) is 19.2. The van der Waals surface area contributed by atoms with E-state index in [-0.39, 0.29) is 17.6 Å². The van der Waals surface area contributed by atoms with Crippen molar-refractivity contribution in [1.82, 2.24) is 14.9 Å². The lowest BCUT2D eigenvalue weighted by Crippen LogP contribution is -2.41. The highest BCUT2D eigenvalue weighted by molar-refractivity contribution is 7.13. The van der Waals surface area contributed by atoms with Gasteiger partial charge in [-0.2, -0.15) is 0 Å². The molecule has 0 fully saturated rings. The highest BCUT2D eigenvalue weighted by atomic mass is 35.5. The zero-order chi connectivity index (χ0) is 19.9. The monoisotopic (exact) mass is 415 g/mol. The molecule has 1 aromatic carbocycles. The molecule has 3 heterocycles. The number of pyridine rings is 1. The van der Waals surface area contributed by atoms with Gasteiger partial charge < -0.3 is 5.73 Å². The topological polar surface area (TPSA) is 84.5 Å². The van der Waals surface area contributed by atoms with Crippen LogP contribution in [0.4, 0.5) is 4.39 Å². The highest BCUT2D eigenvalue weighted by Crippen LogP contribution is 2.42. The van der Waals surface area contributed by atoms with Crippen molar-refractivity contribution in [2.24, 2.45) is 10.7 Å². The Labute approximate surface area is 169 Å². The first-order valence-electron chi connectivity index (χ1n) is 8.30. The van der Waals surface area contributed by atoms with Crippen molar-refractivity contribution < 1.29 is 9.18 Å². The van der Waals surface area contributed by atoms with Crippen LogP contribution in [-0.4, -0.2) is 33.8 Å².